The monoisotopic (exact) mass is 376 g/mol. The molecule has 2 amide bonds. The SMILES string of the molecule is CCC(C)(NC(=O)C1CCN(C(=O)CCOc2ccccc2)CC1)C(=O)O. The summed E-state index contributed by atoms with van der Waals surface area (Å²) in [6.07, 6.45) is 1.68. The zero-order valence-corrected chi connectivity index (χ0v) is 15.9. The fraction of sp³-hybridized carbons (Fsp3) is 0.550. The number of carboxylic acids is 1. The summed E-state index contributed by atoms with van der Waals surface area (Å²) in [6.45, 7) is 4.55. The summed E-state index contributed by atoms with van der Waals surface area (Å²) >= 11 is 0. The van der Waals surface area contributed by atoms with Gasteiger partial charge in [0.2, 0.25) is 11.8 Å². The number of hydrogen-bond acceptors (Lipinski definition) is 4. The maximum Gasteiger partial charge on any atom is 0.329 e. The van der Waals surface area contributed by atoms with E-state index >= 15 is 0 Å². The van der Waals surface area contributed by atoms with Crippen LogP contribution in [0.25, 0.3) is 0 Å². The second-order valence-electron chi connectivity index (χ2n) is 7.05. The summed E-state index contributed by atoms with van der Waals surface area (Å²) in [7, 11) is 0. The zero-order valence-electron chi connectivity index (χ0n) is 15.9. The molecule has 1 aromatic carbocycles. The van der Waals surface area contributed by atoms with Crippen LogP contribution in [0, 0.1) is 5.92 Å². The lowest BCUT2D eigenvalue weighted by Gasteiger charge is -2.33. The molecular weight excluding hydrogens is 348 g/mol. The quantitative estimate of drug-likeness (QED) is 0.724. The molecule has 1 atom stereocenters. The highest BCUT2D eigenvalue weighted by Gasteiger charge is 2.36. The lowest BCUT2D eigenvalue weighted by Crippen LogP contribution is -2.54. The molecule has 1 fully saturated rings. The average molecular weight is 376 g/mol. The number of aliphatic carboxylic acids is 1. The molecule has 7 heteroatoms. The van der Waals surface area contributed by atoms with Crippen LogP contribution in [-0.2, 0) is 14.4 Å². The van der Waals surface area contributed by atoms with E-state index in [2.05, 4.69) is 5.32 Å². The Bertz CT molecular complexity index is 656. The first-order valence-electron chi connectivity index (χ1n) is 9.36. The van der Waals surface area contributed by atoms with Gasteiger partial charge in [0.1, 0.15) is 11.3 Å². The van der Waals surface area contributed by atoms with Gasteiger partial charge in [-0.25, -0.2) is 4.79 Å². The summed E-state index contributed by atoms with van der Waals surface area (Å²) in [5.74, 6) is -0.808. The lowest BCUT2D eigenvalue weighted by atomic mass is 9.92. The number of piperidine rings is 1. The van der Waals surface area contributed by atoms with Crippen molar-refractivity contribution in [3.63, 3.8) is 0 Å². The van der Waals surface area contributed by atoms with E-state index in [-0.39, 0.29) is 17.7 Å². The molecule has 0 spiro atoms. The number of carboxylic acid groups (broad SMARTS) is 1. The predicted molar refractivity (Wildman–Crippen MR) is 100 cm³/mol. The van der Waals surface area contributed by atoms with E-state index in [0.717, 1.165) is 5.75 Å². The van der Waals surface area contributed by atoms with Gasteiger partial charge in [-0.2, -0.15) is 0 Å². The summed E-state index contributed by atoms with van der Waals surface area (Å²) in [4.78, 5) is 37.8. The first-order chi connectivity index (χ1) is 12.9. The standard InChI is InChI=1S/C20H28N2O5/c1-3-20(2,19(25)26)21-18(24)15-9-12-22(13-10-15)17(23)11-14-27-16-7-5-4-6-8-16/h4-8,15H,3,9-14H2,1-2H3,(H,21,24)(H,25,26). The maximum absolute atomic E-state index is 12.4. The predicted octanol–water partition coefficient (Wildman–Crippen LogP) is 2.06. The Morgan fingerprint density at radius 3 is 2.41 bits per heavy atom. The number of nitrogens with zero attached hydrogens (tertiary/aromatic N) is 1. The second-order valence-corrected chi connectivity index (χ2v) is 7.05. The topological polar surface area (TPSA) is 95.9 Å². The van der Waals surface area contributed by atoms with Crippen molar-refractivity contribution in [2.75, 3.05) is 19.7 Å². The highest BCUT2D eigenvalue weighted by atomic mass is 16.5. The van der Waals surface area contributed by atoms with Crippen LogP contribution < -0.4 is 10.1 Å². The van der Waals surface area contributed by atoms with Gasteiger partial charge in [0.15, 0.2) is 0 Å². The molecule has 0 bridgehead atoms. The summed E-state index contributed by atoms with van der Waals surface area (Å²) in [5.41, 5.74) is -1.25. The number of para-hydroxylation sites is 1. The van der Waals surface area contributed by atoms with Gasteiger partial charge in [0, 0.05) is 19.0 Å². The third-order valence-electron chi connectivity index (χ3n) is 5.12. The summed E-state index contributed by atoms with van der Waals surface area (Å²) < 4.78 is 5.55. The smallest absolute Gasteiger partial charge is 0.329 e. The fourth-order valence-electron chi connectivity index (χ4n) is 2.99. The van der Waals surface area contributed by atoms with Crippen molar-refractivity contribution in [3.05, 3.63) is 30.3 Å². The van der Waals surface area contributed by atoms with Gasteiger partial charge in [0.05, 0.1) is 13.0 Å². The molecular formula is C20H28N2O5. The lowest BCUT2D eigenvalue weighted by molar-refractivity contribution is -0.148. The molecule has 1 aromatic rings. The highest BCUT2D eigenvalue weighted by Crippen LogP contribution is 2.20. The molecule has 0 aromatic heterocycles. The molecule has 2 rings (SSSR count). The molecule has 0 aliphatic carbocycles. The van der Waals surface area contributed by atoms with Crippen molar-refractivity contribution < 1.29 is 24.2 Å². The molecule has 2 N–H and O–H groups in total. The van der Waals surface area contributed by atoms with E-state index in [1.54, 1.807) is 11.8 Å². The third kappa shape index (κ3) is 5.70. The van der Waals surface area contributed by atoms with E-state index in [4.69, 9.17) is 4.74 Å². The molecule has 1 heterocycles. The molecule has 0 radical (unpaired) electrons. The summed E-state index contributed by atoms with van der Waals surface area (Å²) in [6, 6.07) is 9.34. The number of likely N-dealkylation sites (tertiary alicyclic amines) is 1. The van der Waals surface area contributed by atoms with E-state index < -0.39 is 11.5 Å². The minimum absolute atomic E-state index is 0.00808. The molecule has 0 saturated carbocycles. The fourth-order valence-corrected chi connectivity index (χ4v) is 2.99. The van der Waals surface area contributed by atoms with Gasteiger partial charge in [0.25, 0.3) is 0 Å². The van der Waals surface area contributed by atoms with E-state index in [1.807, 2.05) is 30.3 Å². The number of carbonyl (C=O) groups is 3. The van der Waals surface area contributed by atoms with Crippen LogP contribution in [-0.4, -0.2) is 53.0 Å². The van der Waals surface area contributed by atoms with E-state index in [9.17, 15) is 19.5 Å². The van der Waals surface area contributed by atoms with Crippen molar-refractivity contribution >= 4 is 17.8 Å². The first-order valence-corrected chi connectivity index (χ1v) is 9.36. The number of rotatable bonds is 8. The molecule has 148 valence electrons. The Morgan fingerprint density at radius 1 is 1.22 bits per heavy atom. The van der Waals surface area contributed by atoms with Crippen LogP contribution in [0.2, 0.25) is 0 Å². The van der Waals surface area contributed by atoms with Crippen LogP contribution in [0.4, 0.5) is 0 Å². The average Bonchev–Trinajstić information content (AvgIpc) is 2.68. The number of hydrogen-bond donors (Lipinski definition) is 2. The Morgan fingerprint density at radius 2 is 1.85 bits per heavy atom. The highest BCUT2D eigenvalue weighted by molar-refractivity contribution is 5.88. The Balaban J connectivity index is 1.74. The van der Waals surface area contributed by atoms with Gasteiger partial charge in [-0.3, -0.25) is 9.59 Å². The Labute approximate surface area is 159 Å². The van der Waals surface area contributed by atoms with Gasteiger partial charge in [-0.15, -0.1) is 0 Å². The van der Waals surface area contributed by atoms with E-state index in [1.165, 1.54) is 6.92 Å². The number of amides is 2. The second kappa shape index (κ2) is 9.39. The minimum atomic E-state index is -1.25. The largest absolute Gasteiger partial charge is 0.493 e. The van der Waals surface area contributed by atoms with Crippen LogP contribution in [0.5, 0.6) is 5.75 Å². The van der Waals surface area contributed by atoms with Gasteiger partial charge in [-0.1, -0.05) is 25.1 Å². The van der Waals surface area contributed by atoms with Gasteiger partial charge in [-0.05, 0) is 38.3 Å². The van der Waals surface area contributed by atoms with Gasteiger partial charge >= 0.3 is 5.97 Å². The van der Waals surface area contributed by atoms with Crippen molar-refractivity contribution in [2.24, 2.45) is 5.92 Å². The normalized spacial score (nSPS) is 17.0. The zero-order chi connectivity index (χ0) is 19.9. The Kier molecular flexibility index (Phi) is 7.21. The molecule has 1 aliphatic rings. The van der Waals surface area contributed by atoms with Crippen LogP contribution in [0.3, 0.4) is 0 Å². The minimum Gasteiger partial charge on any atom is -0.493 e. The molecule has 1 saturated heterocycles. The molecule has 1 unspecified atom stereocenters. The van der Waals surface area contributed by atoms with E-state index in [0.29, 0.717) is 45.4 Å². The van der Waals surface area contributed by atoms with Crippen molar-refractivity contribution in [1.29, 1.82) is 0 Å². The third-order valence-corrected chi connectivity index (χ3v) is 5.12. The molecule has 27 heavy (non-hydrogen) atoms. The Hall–Kier alpha value is -2.57. The number of nitrogens with one attached hydrogen (secondary N) is 1. The maximum atomic E-state index is 12.4. The van der Waals surface area contributed by atoms with Crippen molar-refractivity contribution in [1.82, 2.24) is 10.2 Å². The molecule has 1 aliphatic heterocycles. The van der Waals surface area contributed by atoms with Gasteiger partial charge < -0.3 is 20.1 Å². The first kappa shape index (κ1) is 20.7. The number of benzene rings is 1. The van der Waals surface area contributed by atoms with Crippen molar-refractivity contribution in [3.8, 4) is 5.75 Å². The van der Waals surface area contributed by atoms with Crippen molar-refractivity contribution in [2.45, 2.75) is 45.1 Å². The van der Waals surface area contributed by atoms with Crippen LogP contribution in [0.1, 0.15) is 39.5 Å². The summed E-state index contributed by atoms with van der Waals surface area (Å²) in [5, 5.41) is 11.9. The van der Waals surface area contributed by atoms with Crippen LogP contribution >= 0.6 is 0 Å². The number of ether oxygens (including phenoxy) is 1. The number of carbonyl (C=O) groups excluding carboxylic acids is 2. The van der Waals surface area contributed by atoms with Crippen LogP contribution in [0.15, 0.2) is 30.3 Å². The molecule has 7 nitrogen and oxygen atoms in total.